The molecule has 2 saturated heterocycles. The summed E-state index contributed by atoms with van der Waals surface area (Å²) in [6.07, 6.45) is 1.37. The molecule has 0 spiro atoms. The van der Waals surface area contributed by atoms with Gasteiger partial charge in [-0.2, -0.15) is 0 Å². The number of hydrogen-bond acceptors (Lipinski definition) is 4. The van der Waals surface area contributed by atoms with Crippen molar-refractivity contribution in [2.45, 2.75) is 50.7 Å². The molecule has 25 heavy (non-hydrogen) atoms. The van der Waals surface area contributed by atoms with Crippen molar-refractivity contribution in [3.8, 4) is 0 Å². The third-order valence-corrected chi connectivity index (χ3v) is 6.72. The highest BCUT2D eigenvalue weighted by Crippen LogP contribution is 2.47. The minimum Gasteiger partial charge on any atom is -0.347 e. The van der Waals surface area contributed by atoms with Gasteiger partial charge in [0.25, 0.3) is 0 Å². The maximum absolute atomic E-state index is 12.7. The number of imidazole rings is 1. The lowest BCUT2D eigenvalue weighted by atomic mass is 10.2. The molecule has 2 aliphatic heterocycles. The van der Waals surface area contributed by atoms with Crippen LogP contribution in [0.3, 0.4) is 0 Å². The number of benzene rings is 1. The van der Waals surface area contributed by atoms with Crippen LogP contribution in [0, 0.1) is 0 Å². The first-order chi connectivity index (χ1) is 12.0. The van der Waals surface area contributed by atoms with Crippen molar-refractivity contribution in [2.75, 3.05) is 5.75 Å². The summed E-state index contributed by atoms with van der Waals surface area (Å²) in [5.74, 6) is 1.52. The van der Waals surface area contributed by atoms with Gasteiger partial charge in [-0.1, -0.05) is 12.1 Å². The Morgan fingerprint density at radius 1 is 1.44 bits per heavy atom. The second-order valence-corrected chi connectivity index (χ2v) is 8.25. The molecule has 0 saturated carbocycles. The van der Waals surface area contributed by atoms with Crippen LogP contribution in [0.5, 0.6) is 0 Å². The smallest absolute Gasteiger partial charge is 0.244 e. The summed E-state index contributed by atoms with van der Waals surface area (Å²) in [5.41, 5.74) is 2.01. The number of para-hydroxylation sites is 2. The Hall–Kier alpha value is -2.02. The van der Waals surface area contributed by atoms with E-state index in [1.54, 1.807) is 16.7 Å². The number of aryl methyl sites for hydroxylation is 1. The maximum Gasteiger partial charge on any atom is 0.244 e. The number of thioether (sulfide) groups is 1. The lowest BCUT2D eigenvalue weighted by Crippen LogP contribution is -2.50. The van der Waals surface area contributed by atoms with Crippen LogP contribution in [0.2, 0.25) is 0 Å². The van der Waals surface area contributed by atoms with E-state index >= 15 is 0 Å². The third-order valence-electron chi connectivity index (χ3n) is 5.22. The van der Waals surface area contributed by atoms with Gasteiger partial charge in [-0.3, -0.25) is 9.59 Å². The molecule has 2 amide bonds. The predicted octanol–water partition coefficient (Wildman–Crippen LogP) is 2.13. The van der Waals surface area contributed by atoms with E-state index in [-0.39, 0.29) is 22.7 Å². The number of carbonyl (C=O) groups is 2. The summed E-state index contributed by atoms with van der Waals surface area (Å²) in [5, 5.41) is 3.00. The normalized spacial score (nSPS) is 25.6. The quantitative estimate of drug-likeness (QED) is 0.909. The number of fused-ring (bicyclic) bond motifs is 2. The second-order valence-electron chi connectivity index (χ2n) is 6.74. The minimum atomic E-state index is -0.371. The Kier molecular flexibility index (Phi) is 3.98. The maximum atomic E-state index is 12.7. The second kappa shape index (κ2) is 6.05. The molecule has 1 aromatic carbocycles. The van der Waals surface area contributed by atoms with Gasteiger partial charge in [0.15, 0.2) is 0 Å². The fourth-order valence-electron chi connectivity index (χ4n) is 3.91. The van der Waals surface area contributed by atoms with E-state index in [1.807, 2.05) is 24.3 Å². The van der Waals surface area contributed by atoms with Crippen molar-refractivity contribution in [2.24, 2.45) is 0 Å². The number of amides is 2. The fourth-order valence-corrected chi connectivity index (χ4v) is 5.34. The van der Waals surface area contributed by atoms with E-state index in [1.165, 1.54) is 0 Å². The van der Waals surface area contributed by atoms with E-state index in [0.717, 1.165) is 29.8 Å². The molecule has 1 aromatic heterocycles. The average Bonchev–Trinajstić information content (AvgIpc) is 3.23. The molecule has 6 nitrogen and oxygen atoms in total. The van der Waals surface area contributed by atoms with Gasteiger partial charge >= 0.3 is 0 Å². The molecular weight excluding hydrogens is 336 g/mol. The molecule has 0 bridgehead atoms. The first kappa shape index (κ1) is 16.4. The molecule has 3 heterocycles. The van der Waals surface area contributed by atoms with Gasteiger partial charge in [0.2, 0.25) is 11.8 Å². The Balaban J connectivity index is 1.50. The highest BCUT2D eigenvalue weighted by Gasteiger charge is 2.52. The van der Waals surface area contributed by atoms with Crippen LogP contribution in [0.15, 0.2) is 24.3 Å². The lowest BCUT2D eigenvalue weighted by Gasteiger charge is -2.29. The summed E-state index contributed by atoms with van der Waals surface area (Å²) in [4.78, 5) is 31.1. The Morgan fingerprint density at radius 3 is 3.04 bits per heavy atom. The van der Waals surface area contributed by atoms with E-state index in [0.29, 0.717) is 18.7 Å². The molecule has 2 atom stereocenters. The number of aromatic nitrogens is 2. The zero-order chi connectivity index (χ0) is 17.6. The van der Waals surface area contributed by atoms with Crippen molar-refractivity contribution < 1.29 is 9.59 Å². The zero-order valence-corrected chi connectivity index (χ0v) is 15.3. The molecule has 0 radical (unpaired) electrons. The van der Waals surface area contributed by atoms with Gasteiger partial charge in [0, 0.05) is 18.7 Å². The average molecular weight is 358 g/mol. The molecular formula is C18H22N4O2S. The van der Waals surface area contributed by atoms with Gasteiger partial charge in [-0.25, -0.2) is 4.98 Å². The highest BCUT2D eigenvalue weighted by molar-refractivity contribution is 8.01. The lowest BCUT2D eigenvalue weighted by molar-refractivity contribution is -0.138. The van der Waals surface area contributed by atoms with Gasteiger partial charge < -0.3 is 14.8 Å². The molecule has 4 rings (SSSR count). The molecule has 2 aliphatic rings. The van der Waals surface area contributed by atoms with Crippen LogP contribution < -0.4 is 5.32 Å². The highest BCUT2D eigenvalue weighted by atomic mass is 32.2. The molecule has 132 valence electrons. The topological polar surface area (TPSA) is 67.2 Å². The number of rotatable bonds is 4. The third kappa shape index (κ3) is 2.61. The molecule has 2 fully saturated rings. The van der Waals surface area contributed by atoms with E-state index in [9.17, 15) is 9.59 Å². The van der Waals surface area contributed by atoms with Crippen molar-refractivity contribution in [1.82, 2.24) is 19.8 Å². The van der Waals surface area contributed by atoms with E-state index < -0.39 is 0 Å². The molecule has 1 N–H and O–H groups in total. The van der Waals surface area contributed by atoms with Crippen molar-refractivity contribution in [3.63, 3.8) is 0 Å². The molecule has 7 heteroatoms. The monoisotopic (exact) mass is 358 g/mol. The minimum absolute atomic E-state index is 0.0822. The van der Waals surface area contributed by atoms with E-state index in [2.05, 4.69) is 28.7 Å². The number of carbonyl (C=O) groups excluding carboxylic acids is 2. The van der Waals surface area contributed by atoms with Crippen LogP contribution in [0.1, 0.15) is 32.5 Å². The standard InChI is InChI=1S/C18H22N4O2S/c1-3-21-13-7-5-4-6-12(13)20-15(21)10-19-17(24)14-11-25-18(2)9-8-16(23)22(14)18/h4-7,14H,3,8-11H2,1-2H3,(H,19,24)/t14-,18-/m1/s1. The largest absolute Gasteiger partial charge is 0.347 e. The fraction of sp³-hybridized carbons (Fsp3) is 0.500. The van der Waals surface area contributed by atoms with Gasteiger partial charge in [-0.15, -0.1) is 11.8 Å². The number of hydrogen-bond donors (Lipinski definition) is 1. The zero-order valence-electron chi connectivity index (χ0n) is 14.5. The summed E-state index contributed by atoms with van der Waals surface area (Å²) in [6, 6.07) is 7.61. The Bertz CT molecular complexity index is 849. The SMILES string of the molecule is CCn1c(CNC(=O)[C@H]2CS[C@]3(C)CCC(=O)N23)nc2ccccc21. The molecule has 0 aliphatic carbocycles. The van der Waals surface area contributed by atoms with Crippen LogP contribution >= 0.6 is 11.8 Å². The Morgan fingerprint density at radius 2 is 2.24 bits per heavy atom. The summed E-state index contributed by atoms with van der Waals surface area (Å²) >= 11 is 1.71. The molecule has 0 unspecified atom stereocenters. The first-order valence-electron chi connectivity index (χ1n) is 8.71. The van der Waals surface area contributed by atoms with Gasteiger partial charge in [-0.05, 0) is 32.4 Å². The van der Waals surface area contributed by atoms with Gasteiger partial charge in [0.1, 0.15) is 11.9 Å². The predicted molar refractivity (Wildman–Crippen MR) is 98.0 cm³/mol. The van der Waals surface area contributed by atoms with Crippen LogP contribution in [0.25, 0.3) is 11.0 Å². The molecule has 2 aromatic rings. The van der Waals surface area contributed by atoms with Crippen molar-refractivity contribution in [1.29, 1.82) is 0 Å². The van der Waals surface area contributed by atoms with Crippen LogP contribution in [-0.4, -0.2) is 42.9 Å². The summed E-state index contributed by atoms with van der Waals surface area (Å²) < 4.78 is 2.12. The Labute approximate surface area is 151 Å². The van der Waals surface area contributed by atoms with Crippen LogP contribution in [0.4, 0.5) is 0 Å². The number of nitrogens with one attached hydrogen (secondary N) is 1. The van der Waals surface area contributed by atoms with Gasteiger partial charge in [0.05, 0.1) is 22.4 Å². The van der Waals surface area contributed by atoms with E-state index in [4.69, 9.17) is 0 Å². The summed E-state index contributed by atoms with van der Waals surface area (Å²) in [6.45, 7) is 5.31. The summed E-state index contributed by atoms with van der Waals surface area (Å²) in [7, 11) is 0. The first-order valence-corrected chi connectivity index (χ1v) is 9.70. The van der Waals surface area contributed by atoms with Crippen molar-refractivity contribution >= 4 is 34.6 Å². The number of nitrogens with zero attached hydrogens (tertiary/aromatic N) is 3. The van der Waals surface area contributed by atoms with Crippen LogP contribution in [-0.2, 0) is 22.7 Å². The van der Waals surface area contributed by atoms with Crippen molar-refractivity contribution in [3.05, 3.63) is 30.1 Å².